The summed E-state index contributed by atoms with van der Waals surface area (Å²) in [5, 5.41) is 9.11. The van der Waals surface area contributed by atoms with Crippen molar-refractivity contribution in [3.63, 3.8) is 0 Å². The molecule has 1 rings (SSSR count). The zero-order chi connectivity index (χ0) is 12.6. The Morgan fingerprint density at radius 3 is 2.12 bits per heavy atom. The van der Waals surface area contributed by atoms with E-state index >= 15 is 0 Å². The van der Waals surface area contributed by atoms with E-state index in [1.54, 1.807) is 12.1 Å². The van der Waals surface area contributed by atoms with Crippen LogP contribution in [0.4, 0.5) is 4.39 Å². The van der Waals surface area contributed by atoms with Gasteiger partial charge >= 0.3 is 5.97 Å². The third kappa shape index (κ3) is 2.10. The maximum Gasteiger partial charge on any atom is 0.331 e. The summed E-state index contributed by atoms with van der Waals surface area (Å²) in [7, 11) is 0. The molecule has 0 spiro atoms. The first kappa shape index (κ1) is 13.1. The van der Waals surface area contributed by atoms with Crippen LogP contribution < -0.4 is 5.73 Å². The molecule has 1 unspecified atom stereocenters. The molecule has 3 nitrogen and oxygen atoms in total. The molecule has 16 heavy (non-hydrogen) atoms. The lowest BCUT2D eigenvalue weighted by molar-refractivity contribution is -0.149. The fraction of sp³-hybridized carbons (Fsp3) is 0.364. The van der Waals surface area contributed by atoms with Gasteiger partial charge in [-0.15, -0.1) is 0 Å². The molecule has 5 heteroatoms. The molecule has 1 aromatic carbocycles. The topological polar surface area (TPSA) is 63.3 Å². The van der Waals surface area contributed by atoms with Crippen LogP contribution in [-0.2, 0) is 10.3 Å². The maximum atomic E-state index is 14.0. The summed E-state index contributed by atoms with van der Waals surface area (Å²) in [6, 6.07) is 6.26. The van der Waals surface area contributed by atoms with Gasteiger partial charge in [-0.3, -0.25) is 0 Å². The highest BCUT2D eigenvalue weighted by molar-refractivity contribution is 9.10. The Morgan fingerprint density at radius 1 is 1.38 bits per heavy atom. The monoisotopic (exact) mass is 289 g/mol. The van der Waals surface area contributed by atoms with Gasteiger partial charge in [-0.25, -0.2) is 9.18 Å². The van der Waals surface area contributed by atoms with Crippen LogP contribution in [0.1, 0.15) is 19.4 Å². The third-order valence-corrected chi connectivity index (χ3v) is 3.10. The Hall–Kier alpha value is -0.940. The van der Waals surface area contributed by atoms with Gasteiger partial charge in [0.05, 0.1) is 0 Å². The van der Waals surface area contributed by atoms with Crippen LogP contribution in [0, 0.1) is 0 Å². The number of aliphatic carboxylic acids is 1. The molecule has 88 valence electrons. The standard InChI is InChI=1S/C11H13BrFNO2/c1-10(2,13)11(14,9(15)16)7-3-5-8(12)6-4-7/h3-6H,14H2,1-2H3,(H,15,16). The Bertz CT molecular complexity index is 399. The molecule has 1 atom stereocenters. The van der Waals surface area contributed by atoms with Gasteiger partial charge in [0.2, 0.25) is 0 Å². The Morgan fingerprint density at radius 2 is 1.81 bits per heavy atom. The summed E-state index contributed by atoms with van der Waals surface area (Å²) in [6.45, 7) is 2.31. The van der Waals surface area contributed by atoms with E-state index in [9.17, 15) is 9.18 Å². The average molecular weight is 290 g/mol. The average Bonchev–Trinajstić information content (AvgIpc) is 2.15. The first-order valence-corrected chi connectivity index (χ1v) is 5.46. The lowest BCUT2D eigenvalue weighted by atomic mass is 9.78. The molecule has 0 aliphatic heterocycles. The van der Waals surface area contributed by atoms with Crippen molar-refractivity contribution in [3.05, 3.63) is 34.3 Å². The smallest absolute Gasteiger partial charge is 0.331 e. The fourth-order valence-corrected chi connectivity index (χ4v) is 1.70. The molecule has 1 aromatic rings. The van der Waals surface area contributed by atoms with Crippen molar-refractivity contribution >= 4 is 21.9 Å². The molecular formula is C11H13BrFNO2. The van der Waals surface area contributed by atoms with E-state index in [2.05, 4.69) is 15.9 Å². The number of rotatable bonds is 3. The van der Waals surface area contributed by atoms with E-state index in [1.807, 2.05) is 0 Å². The summed E-state index contributed by atoms with van der Waals surface area (Å²) in [6.07, 6.45) is 0. The minimum absolute atomic E-state index is 0.232. The minimum Gasteiger partial charge on any atom is -0.480 e. The highest BCUT2D eigenvalue weighted by Gasteiger charge is 2.50. The molecule has 0 aliphatic carbocycles. The van der Waals surface area contributed by atoms with Crippen molar-refractivity contribution in [1.82, 2.24) is 0 Å². The van der Waals surface area contributed by atoms with Crippen LogP contribution in [0.5, 0.6) is 0 Å². The van der Waals surface area contributed by atoms with Crippen LogP contribution in [-0.4, -0.2) is 16.7 Å². The summed E-state index contributed by atoms with van der Waals surface area (Å²) in [5.41, 5.74) is 1.82. The van der Waals surface area contributed by atoms with Crippen molar-refractivity contribution in [2.24, 2.45) is 5.73 Å². The molecule has 3 N–H and O–H groups in total. The van der Waals surface area contributed by atoms with E-state index in [1.165, 1.54) is 12.1 Å². The highest BCUT2D eigenvalue weighted by Crippen LogP contribution is 2.34. The van der Waals surface area contributed by atoms with Gasteiger partial charge in [0, 0.05) is 4.47 Å². The number of nitrogens with two attached hydrogens (primary N) is 1. The van der Waals surface area contributed by atoms with Gasteiger partial charge in [-0.1, -0.05) is 28.1 Å². The van der Waals surface area contributed by atoms with Gasteiger partial charge in [-0.2, -0.15) is 0 Å². The first-order chi connectivity index (χ1) is 7.19. The van der Waals surface area contributed by atoms with Gasteiger partial charge in [0.15, 0.2) is 5.54 Å². The number of hydrogen-bond acceptors (Lipinski definition) is 2. The lowest BCUT2D eigenvalue weighted by Gasteiger charge is -2.34. The van der Waals surface area contributed by atoms with E-state index in [-0.39, 0.29) is 5.56 Å². The second kappa shape index (κ2) is 4.14. The van der Waals surface area contributed by atoms with Crippen LogP contribution in [0.25, 0.3) is 0 Å². The zero-order valence-electron chi connectivity index (χ0n) is 9.00. The van der Waals surface area contributed by atoms with Crippen LogP contribution >= 0.6 is 15.9 Å². The van der Waals surface area contributed by atoms with Gasteiger partial charge in [0.1, 0.15) is 5.67 Å². The largest absolute Gasteiger partial charge is 0.480 e. The van der Waals surface area contributed by atoms with Crippen molar-refractivity contribution in [3.8, 4) is 0 Å². The van der Waals surface area contributed by atoms with Gasteiger partial charge in [0.25, 0.3) is 0 Å². The summed E-state index contributed by atoms with van der Waals surface area (Å²) >= 11 is 3.22. The quantitative estimate of drug-likeness (QED) is 0.898. The molecule has 0 saturated carbocycles. The van der Waals surface area contributed by atoms with Gasteiger partial charge < -0.3 is 10.8 Å². The summed E-state index contributed by atoms with van der Waals surface area (Å²) in [4.78, 5) is 11.2. The summed E-state index contributed by atoms with van der Waals surface area (Å²) < 4.78 is 14.7. The fourth-order valence-electron chi connectivity index (χ4n) is 1.43. The molecule has 0 aliphatic rings. The van der Waals surface area contributed by atoms with E-state index in [4.69, 9.17) is 10.8 Å². The molecule has 0 saturated heterocycles. The van der Waals surface area contributed by atoms with Crippen LogP contribution in [0.2, 0.25) is 0 Å². The Kier molecular flexibility index (Phi) is 3.40. The number of carbonyl (C=O) groups is 1. The second-order valence-corrected chi connectivity index (χ2v) is 5.01. The van der Waals surface area contributed by atoms with E-state index < -0.39 is 17.2 Å². The molecule has 0 bridgehead atoms. The maximum absolute atomic E-state index is 14.0. The van der Waals surface area contributed by atoms with E-state index in [0.717, 1.165) is 18.3 Å². The Labute approximate surface area is 102 Å². The molecule has 0 heterocycles. The van der Waals surface area contributed by atoms with Crippen LogP contribution in [0.15, 0.2) is 28.7 Å². The number of halogens is 2. The predicted molar refractivity (Wildman–Crippen MR) is 62.8 cm³/mol. The first-order valence-electron chi connectivity index (χ1n) is 4.67. The van der Waals surface area contributed by atoms with E-state index in [0.29, 0.717) is 0 Å². The highest BCUT2D eigenvalue weighted by atomic mass is 79.9. The molecule has 0 radical (unpaired) electrons. The Balaban J connectivity index is 3.34. The number of alkyl halides is 1. The van der Waals surface area contributed by atoms with Crippen molar-refractivity contribution in [2.45, 2.75) is 25.1 Å². The molecule has 0 fully saturated rings. The molecular weight excluding hydrogens is 277 g/mol. The van der Waals surface area contributed by atoms with Gasteiger partial charge in [-0.05, 0) is 31.5 Å². The number of carboxylic acids is 1. The predicted octanol–water partition coefficient (Wildman–Crippen LogP) is 2.44. The lowest BCUT2D eigenvalue weighted by Crippen LogP contribution is -2.57. The number of hydrogen-bond donors (Lipinski definition) is 2. The minimum atomic E-state index is -2.06. The number of benzene rings is 1. The third-order valence-electron chi connectivity index (χ3n) is 2.57. The second-order valence-electron chi connectivity index (χ2n) is 4.09. The van der Waals surface area contributed by atoms with Crippen molar-refractivity contribution in [2.75, 3.05) is 0 Å². The number of carboxylic acid groups (broad SMARTS) is 1. The normalized spacial score (nSPS) is 15.6. The summed E-state index contributed by atoms with van der Waals surface area (Å²) in [5.74, 6) is -1.39. The molecule has 0 amide bonds. The van der Waals surface area contributed by atoms with Crippen LogP contribution in [0.3, 0.4) is 0 Å². The zero-order valence-corrected chi connectivity index (χ0v) is 10.6. The van der Waals surface area contributed by atoms with Crippen molar-refractivity contribution < 1.29 is 14.3 Å². The SMILES string of the molecule is CC(C)(F)C(N)(C(=O)O)c1ccc(Br)cc1. The molecule has 0 aromatic heterocycles. The van der Waals surface area contributed by atoms with Crippen molar-refractivity contribution in [1.29, 1.82) is 0 Å².